The molecule has 3 aromatic rings. The van der Waals surface area contributed by atoms with Crippen LogP contribution in [-0.4, -0.2) is 18.0 Å². The number of fused-ring (bicyclic) bond motifs is 1. The first-order chi connectivity index (χ1) is 11.2. The molecule has 1 aromatic heterocycles. The molecule has 5 heteroatoms. The normalized spacial score (nSPS) is 10.3. The fourth-order valence-corrected chi connectivity index (χ4v) is 2.37. The number of pyridine rings is 1. The zero-order valence-electron chi connectivity index (χ0n) is 12.9. The minimum absolute atomic E-state index is 0.328. The van der Waals surface area contributed by atoms with Gasteiger partial charge in [-0.15, -0.1) is 0 Å². The van der Waals surface area contributed by atoms with E-state index in [1.807, 2.05) is 37.3 Å². The Morgan fingerprint density at radius 2 is 1.70 bits per heavy atom. The van der Waals surface area contributed by atoms with E-state index >= 15 is 0 Å². The molecule has 1 amide bonds. The number of carbonyl (C=O) groups excluding carboxylic acids is 1. The van der Waals surface area contributed by atoms with E-state index in [1.165, 1.54) is 0 Å². The molecule has 1 heterocycles. The van der Waals surface area contributed by atoms with Crippen molar-refractivity contribution in [2.24, 2.45) is 0 Å². The zero-order valence-corrected chi connectivity index (χ0v) is 12.9. The van der Waals surface area contributed by atoms with E-state index in [9.17, 15) is 4.79 Å². The Balaban J connectivity index is 1.94. The fourth-order valence-electron chi connectivity index (χ4n) is 2.37. The van der Waals surface area contributed by atoms with Gasteiger partial charge < -0.3 is 9.57 Å². The number of aromatic nitrogens is 1. The lowest BCUT2D eigenvalue weighted by Gasteiger charge is -2.14. The topological polar surface area (TPSA) is 60.5 Å². The maximum atomic E-state index is 12.1. The largest absolute Gasteiger partial charge is 0.491 e. The Morgan fingerprint density at radius 1 is 1.00 bits per heavy atom. The summed E-state index contributed by atoms with van der Waals surface area (Å²) in [5.41, 5.74) is 4.44. The van der Waals surface area contributed by atoms with Gasteiger partial charge in [0.05, 0.1) is 18.3 Å². The lowest BCUT2D eigenvalue weighted by atomic mass is 10.1. The molecule has 0 spiro atoms. The van der Waals surface area contributed by atoms with Crippen LogP contribution in [0.3, 0.4) is 0 Å². The van der Waals surface area contributed by atoms with E-state index in [0.29, 0.717) is 22.8 Å². The van der Waals surface area contributed by atoms with Crippen LogP contribution in [-0.2, 0) is 0 Å². The fraction of sp³-hybridized carbons (Fsp3) is 0.111. The van der Waals surface area contributed by atoms with Crippen LogP contribution in [0.2, 0.25) is 0 Å². The number of rotatable bonds is 4. The number of aryl methyl sites for hydroxylation is 1. The van der Waals surface area contributed by atoms with Crippen molar-refractivity contribution in [1.29, 1.82) is 0 Å². The van der Waals surface area contributed by atoms with Crippen LogP contribution >= 0.6 is 0 Å². The van der Waals surface area contributed by atoms with Crippen molar-refractivity contribution in [3.05, 3.63) is 65.9 Å². The highest BCUT2D eigenvalue weighted by atomic mass is 16.7. The van der Waals surface area contributed by atoms with Gasteiger partial charge in [0.15, 0.2) is 5.75 Å². The first-order valence-corrected chi connectivity index (χ1v) is 7.16. The molecule has 3 rings (SSSR count). The average molecular weight is 308 g/mol. The highest BCUT2D eigenvalue weighted by molar-refractivity contribution is 5.94. The second kappa shape index (κ2) is 6.36. The number of amides is 1. The van der Waals surface area contributed by atoms with Crippen LogP contribution in [0, 0.1) is 6.92 Å². The van der Waals surface area contributed by atoms with Gasteiger partial charge in [-0.3, -0.25) is 4.79 Å². The summed E-state index contributed by atoms with van der Waals surface area (Å²) in [6.07, 6.45) is 0. The lowest BCUT2D eigenvalue weighted by Crippen LogP contribution is -2.27. The van der Waals surface area contributed by atoms with E-state index in [1.54, 1.807) is 31.4 Å². The lowest BCUT2D eigenvalue weighted by molar-refractivity contribution is 0.0757. The Labute approximate surface area is 133 Å². The molecule has 2 aromatic carbocycles. The first-order valence-electron chi connectivity index (χ1n) is 7.16. The van der Waals surface area contributed by atoms with Crippen molar-refractivity contribution >= 4 is 16.8 Å². The Kier molecular flexibility index (Phi) is 4.10. The van der Waals surface area contributed by atoms with Crippen molar-refractivity contribution in [1.82, 2.24) is 10.5 Å². The number of methoxy groups -OCH3 is 1. The van der Waals surface area contributed by atoms with Gasteiger partial charge in [-0.1, -0.05) is 30.3 Å². The molecule has 0 atom stereocenters. The van der Waals surface area contributed by atoms with Crippen LogP contribution in [0.15, 0.2) is 54.6 Å². The third-order valence-electron chi connectivity index (χ3n) is 3.46. The van der Waals surface area contributed by atoms with Gasteiger partial charge in [0.2, 0.25) is 5.75 Å². The molecule has 0 aliphatic carbocycles. The maximum Gasteiger partial charge on any atom is 0.283 e. The van der Waals surface area contributed by atoms with Crippen molar-refractivity contribution in [2.45, 2.75) is 6.92 Å². The summed E-state index contributed by atoms with van der Waals surface area (Å²) in [5.74, 6) is 0.614. The molecule has 0 saturated carbocycles. The number of nitrogens with one attached hydrogen (secondary N) is 1. The van der Waals surface area contributed by atoms with Gasteiger partial charge in [0.1, 0.15) is 0 Å². The van der Waals surface area contributed by atoms with E-state index in [-0.39, 0.29) is 5.91 Å². The number of hydrogen-bond acceptors (Lipinski definition) is 4. The van der Waals surface area contributed by atoms with Gasteiger partial charge in [0, 0.05) is 10.9 Å². The van der Waals surface area contributed by atoms with Crippen LogP contribution in [0.5, 0.6) is 11.5 Å². The van der Waals surface area contributed by atoms with Gasteiger partial charge in [-0.2, -0.15) is 5.48 Å². The second-order valence-corrected chi connectivity index (χ2v) is 4.98. The summed E-state index contributed by atoms with van der Waals surface area (Å²) < 4.78 is 5.38. The predicted octanol–water partition coefficient (Wildman–Crippen LogP) is 3.28. The van der Waals surface area contributed by atoms with Crippen LogP contribution in [0.25, 0.3) is 10.9 Å². The van der Waals surface area contributed by atoms with Crippen molar-refractivity contribution < 1.29 is 14.4 Å². The SMILES string of the molecule is COc1c(C)nc2ccccc2c1ONC(=O)c1ccccc1. The smallest absolute Gasteiger partial charge is 0.283 e. The third kappa shape index (κ3) is 2.94. The predicted molar refractivity (Wildman–Crippen MR) is 87.6 cm³/mol. The van der Waals surface area contributed by atoms with Gasteiger partial charge in [-0.05, 0) is 31.2 Å². The molecule has 0 aliphatic heterocycles. The van der Waals surface area contributed by atoms with E-state index in [0.717, 1.165) is 10.9 Å². The Bertz CT molecular complexity index is 848. The number of nitrogens with zero attached hydrogens (tertiary/aromatic N) is 1. The zero-order chi connectivity index (χ0) is 16.2. The van der Waals surface area contributed by atoms with Gasteiger partial charge >= 0.3 is 0 Å². The monoisotopic (exact) mass is 308 g/mol. The molecule has 0 saturated heterocycles. The summed E-state index contributed by atoms with van der Waals surface area (Å²) in [5, 5.41) is 0.767. The van der Waals surface area contributed by atoms with Crippen molar-refractivity contribution in [3.63, 3.8) is 0 Å². The maximum absolute atomic E-state index is 12.1. The first kappa shape index (κ1) is 14.8. The summed E-state index contributed by atoms with van der Waals surface area (Å²) in [6.45, 7) is 1.83. The summed E-state index contributed by atoms with van der Waals surface area (Å²) >= 11 is 0. The molecular weight excluding hydrogens is 292 g/mol. The van der Waals surface area contributed by atoms with Gasteiger partial charge in [-0.25, -0.2) is 4.98 Å². The molecule has 0 bridgehead atoms. The van der Waals surface area contributed by atoms with Crippen molar-refractivity contribution in [3.8, 4) is 11.5 Å². The number of benzene rings is 2. The average Bonchev–Trinajstić information content (AvgIpc) is 2.59. The van der Waals surface area contributed by atoms with Crippen LogP contribution in [0.4, 0.5) is 0 Å². The highest BCUT2D eigenvalue weighted by Gasteiger charge is 2.16. The Hall–Kier alpha value is -3.08. The van der Waals surface area contributed by atoms with Crippen LogP contribution < -0.4 is 15.1 Å². The highest BCUT2D eigenvalue weighted by Crippen LogP contribution is 2.36. The molecule has 23 heavy (non-hydrogen) atoms. The standard InChI is InChI=1S/C18H16N2O3/c1-12-16(22-2)17(14-10-6-7-11-15(14)19-12)23-20-18(21)13-8-4-3-5-9-13/h3-11H,1-2H3,(H,20,21). The number of para-hydroxylation sites is 1. The van der Waals surface area contributed by atoms with E-state index < -0.39 is 0 Å². The molecule has 116 valence electrons. The third-order valence-corrected chi connectivity index (χ3v) is 3.46. The number of ether oxygens (including phenoxy) is 1. The Morgan fingerprint density at radius 3 is 2.43 bits per heavy atom. The quantitative estimate of drug-likeness (QED) is 0.751. The second-order valence-electron chi connectivity index (χ2n) is 4.98. The van der Waals surface area contributed by atoms with Crippen molar-refractivity contribution in [2.75, 3.05) is 7.11 Å². The number of hydroxylamine groups is 1. The molecule has 1 N–H and O–H groups in total. The molecule has 0 aliphatic rings. The summed E-state index contributed by atoms with van der Waals surface area (Å²) in [6, 6.07) is 16.4. The number of carbonyl (C=O) groups is 1. The van der Waals surface area contributed by atoms with Crippen LogP contribution in [0.1, 0.15) is 16.1 Å². The molecule has 0 fully saturated rings. The minimum atomic E-state index is -0.328. The van der Waals surface area contributed by atoms with E-state index in [2.05, 4.69) is 10.5 Å². The van der Waals surface area contributed by atoms with E-state index in [4.69, 9.17) is 9.57 Å². The molecule has 5 nitrogen and oxygen atoms in total. The molecule has 0 radical (unpaired) electrons. The minimum Gasteiger partial charge on any atom is -0.491 e. The van der Waals surface area contributed by atoms with Gasteiger partial charge in [0.25, 0.3) is 5.91 Å². The number of hydrogen-bond donors (Lipinski definition) is 1. The molecular formula is C18H16N2O3. The molecule has 0 unspecified atom stereocenters. The summed E-state index contributed by atoms with van der Waals surface area (Å²) in [7, 11) is 1.55. The summed E-state index contributed by atoms with van der Waals surface area (Å²) in [4.78, 5) is 22.2.